The molecule has 0 aliphatic carbocycles. The first-order valence-electron chi connectivity index (χ1n) is 13.7. The fraction of sp³-hybridized carbons (Fsp3) is 0.152. The first-order valence-corrected chi connectivity index (χ1v) is 16.1. The van der Waals surface area contributed by atoms with Crippen LogP contribution in [0.4, 0.5) is 18.9 Å². The first kappa shape index (κ1) is 33.1. The van der Waals surface area contributed by atoms with E-state index >= 15 is 0 Å². The maximum atomic E-state index is 12.6. The molecule has 0 radical (unpaired) electrons. The number of sulfonamides is 1. The number of nitrogens with zero attached hydrogens (tertiary/aromatic N) is 2. The third-order valence-electron chi connectivity index (χ3n) is 6.93. The lowest BCUT2D eigenvalue weighted by Gasteiger charge is -2.12. The van der Waals surface area contributed by atoms with Crippen LogP contribution in [-0.2, 0) is 27.7 Å². The summed E-state index contributed by atoms with van der Waals surface area (Å²) in [6, 6.07) is 25.9. The van der Waals surface area contributed by atoms with Crippen molar-refractivity contribution in [1.82, 2.24) is 9.55 Å². The van der Waals surface area contributed by atoms with E-state index in [0.29, 0.717) is 45.4 Å². The predicted molar refractivity (Wildman–Crippen MR) is 173 cm³/mol. The number of rotatable bonds is 10. The Balaban J connectivity index is 1.40. The van der Waals surface area contributed by atoms with Crippen molar-refractivity contribution in [2.45, 2.75) is 19.1 Å². The van der Waals surface area contributed by atoms with Crippen LogP contribution in [0.15, 0.2) is 97.2 Å². The molecule has 5 rings (SSSR count). The van der Waals surface area contributed by atoms with Crippen LogP contribution < -0.4 is 4.72 Å². The van der Waals surface area contributed by atoms with Crippen LogP contribution in [-0.4, -0.2) is 43.0 Å². The summed E-state index contributed by atoms with van der Waals surface area (Å²) in [7, 11) is -3.28. The molecule has 46 heavy (non-hydrogen) atoms. The number of anilines is 1. The topological polar surface area (TPSA) is 90.3 Å². The van der Waals surface area contributed by atoms with Gasteiger partial charge in [0.25, 0.3) is 0 Å². The number of hydrogen-bond acceptors (Lipinski definition) is 5. The van der Waals surface area contributed by atoms with Crippen molar-refractivity contribution in [2.24, 2.45) is 0 Å². The number of alkyl halides is 3. The second-order valence-corrected chi connectivity index (χ2v) is 13.0. The van der Waals surface area contributed by atoms with E-state index < -0.39 is 27.9 Å². The maximum Gasteiger partial charge on any atom is 0.404 e. The van der Waals surface area contributed by atoms with Gasteiger partial charge in [0.05, 0.1) is 23.4 Å². The molecule has 0 atom stereocenters. The molecular weight excluding hydrogens is 662 g/mol. The Bertz CT molecular complexity index is 1980. The Morgan fingerprint density at radius 3 is 2.26 bits per heavy atom. The Morgan fingerprint density at radius 1 is 0.913 bits per heavy atom. The average Bonchev–Trinajstić information content (AvgIpc) is 3.37. The van der Waals surface area contributed by atoms with Gasteiger partial charge in [0.1, 0.15) is 5.82 Å². The monoisotopic (exact) mass is 687 g/mol. The van der Waals surface area contributed by atoms with Gasteiger partial charge in [-0.15, -0.1) is 0 Å². The van der Waals surface area contributed by atoms with Gasteiger partial charge in [0, 0.05) is 35.4 Å². The number of methoxy groups -OCH3 is 1. The molecule has 0 saturated heterocycles. The van der Waals surface area contributed by atoms with Crippen LogP contribution in [0, 0.1) is 0 Å². The van der Waals surface area contributed by atoms with E-state index in [1.807, 2.05) is 51.9 Å². The highest BCUT2D eigenvalue weighted by Crippen LogP contribution is 2.31. The number of nitrogens with one attached hydrogen (secondary N) is 1. The van der Waals surface area contributed by atoms with Crippen molar-refractivity contribution in [2.75, 3.05) is 17.6 Å². The highest BCUT2D eigenvalue weighted by Gasteiger charge is 2.35. The minimum atomic E-state index is -4.86. The van der Waals surface area contributed by atoms with Gasteiger partial charge in [0.2, 0.25) is 10.0 Å². The summed E-state index contributed by atoms with van der Waals surface area (Å²) in [4.78, 5) is 16.8. The van der Waals surface area contributed by atoms with Gasteiger partial charge >= 0.3 is 12.1 Å². The smallest absolute Gasteiger partial charge is 0.404 e. The van der Waals surface area contributed by atoms with E-state index in [4.69, 9.17) is 32.9 Å². The van der Waals surface area contributed by atoms with Crippen molar-refractivity contribution in [1.29, 1.82) is 0 Å². The van der Waals surface area contributed by atoms with Crippen LogP contribution in [0.1, 0.15) is 27.3 Å². The van der Waals surface area contributed by atoms with Crippen molar-refractivity contribution in [3.05, 3.63) is 130 Å². The fourth-order valence-corrected chi connectivity index (χ4v) is 6.31. The Kier molecular flexibility index (Phi) is 9.76. The summed E-state index contributed by atoms with van der Waals surface area (Å²) in [5.74, 6) is -1.65. The van der Waals surface area contributed by atoms with Crippen LogP contribution in [0.2, 0.25) is 10.0 Å². The maximum absolute atomic E-state index is 12.6. The van der Waals surface area contributed by atoms with Crippen molar-refractivity contribution >= 4 is 44.9 Å². The van der Waals surface area contributed by atoms with E-state index in [2.05, 4.69) is 0 Å². The van der Waals surface area contributed by atoms with E-state index in [-0.39, 0.29) is 5.69 Å². The number of halogens is 5. The lowest BCUT2D eigenvalue weighted by molar-refractivity contribution is -0.106. The lowest BCUT2D eigenvalue weighted by atomic mass is 10.0. The zero-order valence-electron chi connectivity index (χ0n) is 24.2. The molecule has 1 aromatic heterocycles. The Hall–Kier alpha value is -4.32. The number of ether oxygens (including phenoxy) is 1. The number of carbonyl (C=O) groups is 1. The molecule has 0 aliphatic rings. The van der Waals surface area contributed by atoms with Gasteiger partial charge in [-0.05, 0) is 64.7 Å². The average molecular weight is 689 g/mol. The zero-order valence-corrected chi connectivity index (χ0v) is 26.5. The summed E-state index contributed by atoms with van der Waals surface area (Å²) >= 11 is 12.6. The molecule has 7 nitrogen and oxygen atoms in total. The molecule has 0 saturated carbocycles. The van der Waals surface area contributed by atoms with E-state index in [1.54, 1.807) is 42.5 Å². The number of benzene rings is 4. The van der Waals surface area contributed by atoms with Crippen molar-refractivity contribution in [3.8, 4) is 22.4 Å². The highest BCUT2D eigenvalue weighted by atomic mass is 35.5. The van der Waals surface area contributed by atoms with Gasteiger partial charge < -0.3 is 9.30 Å². The van der Waals surface area contributed by atoms with Gasteiger partial charge in [-0.2, -0.15) is 13.2 Å². The molecule has 0 fully saturated rings. The minimum absolute atomic E-state index is 0.0286. The van der Waals surface area contributed by atoms with Crippen LogP contribution in [0.25, 0.3) is 22.4 Å². The summed E-state index contributed by atoms with van der Waals surface area (Å²) in [6.45, 7) is 0.462. The molecule has 0 bridgehead atoms. The van der Waals surface area contributed by atoms with Gasteiger partial charge in [-0.1, -0.05) is 71.7 Å². The minimum Gasteiger partial charge on any atom is -0.465 e. The van der Waals surface area contributed by atoms with Gasteiger partial charge in [0.15, 0.2) is 5.75 Å². The number of aromatic nitrogens is 2. The SMILES string of the molecule is COC(=O)c1ccc(Cn2cc(-c3ccc(Cl)cc3Cl)nc2Cc2ccc(-c3cccc(NS(=O)(=O)CC(F)(F)F)c3)cc2)cc1. The number of imidazole rings is 1. The number of hydrogen-bond donors (Lipinski definition) is 1. The molecule has 4 aromatic carbocycles. The standard InChI is InChI=1S/C33H26Cl2F3N3O4S/c1-45-32(42)24-11-7-22(8-12-24)18-41-19-30(28-14-13-26(34)17-29(28)35)39-31(41)15-21-5-9-23(10-6-21)25-3-2-4-27(16-25)40-46(43,44)20-33(36,37)38/h2-14,16-17,19,40H,15,18,20H2,1H3. The molecule has 0 amide bonds. The molecule has 0 spiro atoms. The summed E-state index contributed by atoms with van der Waals surface area (Å²) in [6.07, 6.45) is -2.51. The van der Waals surface area contributed by atoms with Crippen molar-refractivity contribution < 1.29 is 31.1 Å². The summed E-state index contributed by atoms with van der Waals surface area (Å²) in [5, 5.41) is 0.960. The molecule has 0 unspecified atom stereocenters. The van der Waals surface area contributed by atoms with Gasteiger partial charge in [-0.25, -0.2) is 18.2 Å². The molecular formula is C33H26Cl2F3N3O4S. The lowest BCUT2D eigenvalue weighted by Crippen LogP contribution is -2.27. The molecule has 13 heteroatoms. The highest BCUT2D eigenvalue weighted by molar-refractivity contribution is 7.92. The van der Waals surface area contributed by atoms with Crippen LogP contribution in [0.3, 0.4) is 0 Å². The summed E-state index contributed by atoms with van der Waals surface area (Å²) < 4.78 is 70.6. The van der Waals surface area contributed by atoms with Crippen LogP contribution >= 0.6 is 23.2 Å². The zero-order chi connectivity index (χ0) is 33.1. The van der Waals surface area contributed by atoms with E-state index in [9.17, 15) is 26.4 Å². The third-order valence-corrected chi connectivity index (χ3v) is 8.74. The van der Waals surface area contributed by atoms with Gasteiger partial charge in [-0.3, -0.25) is 4.72 Å². The summed E-state index contributed by atoms with van der Waals surface area (Å²) in [5.41, 5.74) is 5.06. The quantitative estimate of drug-likeness (QED) is 0.149. The number of carbonyl (C=O) groups excluding carboxylic acids is 1. The van der Waals surface area contributed by atoms with Crippen LogP contribution in [0.5, 0.6) is 0 Å². The van der Waals surface area contributed by atoms with Crippen molar-refractivity contribution in [3.63, 3.8) is 0 Å². The molecule has 238 valence electrons. The largest absolute Gasteiger partial charge is 0.465 e. The molecule has 0 aliphatic heterocycles. The predicted octanol–water partition coefficient (Wildman–Crippen LogP) is 8.25. The molecule has 1 heterocycles. The fourth-order valence-electron chi connectivity index (χ4n) is 4.81. The number of esters is 1. The molecule has 1 N–H and O–H groups in total. The first-order chi connectivity index (χ1) is 21.8. The van der Waals surface area contributed by atoms with E-state index in [0.717, 1.165) is 22.5 Å². The Morgan fingerprint density at radius 2 is 1.61 bits per heavy atom. The molecule has 5 aromatic rings. The second-order valence-electron chi connectivity index (χ2n) is 10.4. The normalized spacial score (nSPS) is 11.8. The second kappa shape index (κ2) is 13.6. The third kappa shape index (κ3) is 8.48. The van der Waals surface area contributed by atoms with E-state index in [1.165, 1.54) is 19.2 Å². The Labute approximate surface area is 273 Å².